The molecule has 0 radical (unpaired) electrons. The van der Waals surface area contributed by atoms with E-state index in [0.717, 1.165) is 24.7 Å². The molecule has 1 fully saturated rings. The van der Waals surface area contributed by atoms with Crippen LogP contribution in [0.3, 0.4) is 0 Å². The molecular weight excluding hydrogens is 425 g/mol. The summed E-state index contributed by atoms with van der Waals surface area (Å²) >= 11 is 0. The predicted molar refractivity (Wildman–Crippen MR) is 108 cm³/mol. The van der Waals surface area contributed by atoms with Gasteiger partial charge in [0.15, 0.2) is 11.5 Å². The zero-order chi connectivity index (χ0) is 22.9. The molecule has 0 spiro atoms. The van der Waals surface area contributed by atoms with Gasteiger partial charge < -0.3 is 10.2 Å². The molecule has 0 saturated carbocycles. The summed E-state index contributed by atoms with van der Waals surface area (Å²) in [5.41, 5.74) is 0.0396. The molecule has 32 heavy (non-hydrogen) atoms. The molecule has 0 aromatic carbocycles. The number of likely N-dealkylation sites (tertiary alicyclic amines) is 1. The van der Waals surface area contributed by atoms with Gasteiger partial charge in [0.25, 0.3) is 5.91 Å². The largest absolute Gasteiger partial charge is 0.434 e. The quantitative estimate of drug-likeness (QED) is 0.658. The summed E-state index contributed by atoms with van der Waals surface area (Å²) < 4.78 is 38.2. The molecule has 0 bridgehead atoms. The zero-order valence-corrected chi connectivity index (χ0v) is 17.4. The van der Waals surface area contributed by atoms with E-state index in [1.165, 1.54) is 17.2 Å². The molecule has 3 aromatic heterocycles. The van der Waals surface area contributed by atoms with Crippen molar-refractivity contribution < 1.29 is 18.0 Å². The number of hydrogen-bond acceptors (Lipinski definition) is 7. The number of aromatic nitrogens is 6. The Morgan fingerprint density at radius 3 is 2.56 bits per heavy atom. The topological polar surface area (TPSA) is 102 Å². The second-order valence-corrected chi connectivity index (χ2v) is 7.56. The van der Waals surface area contributed by atoms with Crippen LogP contribution in [0, 0.1) is 6.92 Å². The number of alkyl halides is 3. The number of pyridine rings is 1. The normalized spacial score (nSPS) is 19.1. The first-order valence-corrected chi connectivity index (χ1v) is 10.0. The van der Waals surface area contributed by atoms with Crippen molar-refractivity contribution in [3.63, 3.8) is 0 Å². The van der Waals surface area contributed by atoms with Crippen LogP contribution in [0.1, 0.15) is 41.5 Å². The van der Waals surface area contributed by atoms with Crippen LogP contribution in [0.15, 0.2) is 36.9 Å². The monoisotopic (exact) mass is 446 g/mol. The molecule has 1 aliphatic heterocycles. The van der Waals surface area contributed by atoms with Gasteiger partial charge in [0.05, 0.1) is 30.4 Å². The number of carbonyl (C=O) groups excluding carboxylic acids is 1. The van der Waals surface area contributed by atoms with Gasteiger partial charge >= 0.3 is 6.18 Å². The molecule has 2 unspecified atom stereocenters. The average Bonchev–Trinajstić information content (AvgIpc) is 3.29. The molecular formula is C20H21F3N8O. The van der Waals surface area contributed by atoms with Crippen molar-refractivity contribution in [2.45, 2.75) is 44.9 Å². The van der Waals surface area contributed by atoms with E-state index in [2.05, 4.69) is 30.5 Å². The molecule has 9 nitrogen and oxygen atoms in total. The fourth-order valence-electron chi connectivity index (χ4n) is 3.70. The van der Waals surface area contributed by atoms with Gasteiger partial charge in [-0.2, -0.15) is 23.4 Å². The van der Waals surface area contributed by atoms with Crippen molar-refractivity contribution in [2.75, 3.05) is 11.9 Å². The number of piperidine rings is 1. The number of hydrogen-bond donors (Lipinski definition) is 1. The minimum absolute atomic E-state index is 0.205. The van der Waals surface area contributed by atoms with Crippen LogP contribution in [-0.2, 0) is 6.18 Å². The minimum Gasteiger partial charge on any atom is -0.364 e. The summed E-state index contributed by atoms with van der Waals surface area (Å²) in [7, 11) is 0. The summed E-state index contributed by atoms with van der Waals surface area (Å²) in [6.07, 6.45) is 1.67. The highest BCUT2D eigenvalue weighted by Crippen LogP contribution is 2.28. The average molecular weight is 446 g/mol. The lowest BCUT2D eigenvalue weighted by molar-refractivity contribution is -0.141. The molecule has 3 aromatic rings. The second-order valence-electron chi connectivity index (χ2n) is 7.56. The van der Waals surface area contributed by atoms with Crippen LogP contribution >= 0.6 is 0 Å². The third kappa shape index (κ3) is 4.39. The Labute approximate surface area is 181 Å². The lowest BCUT2D eigenvalue weighted by Gasteiger charge is -2.40. The van der Waals surface area contributed by atoms with Crippen molar-refractivity contribution in [3.8, 4) is 5.82 Å². The molecule has 4 rings (SSSR count). The number of halogens is 3. The molecule has 0 aliphatic carbocycles. The molecule has 1 aliphatic rings. The first-order valence-electron chi connectivity index (χ1n) is 10.0. The molecule has 1 amide bonds. The summed E-state index contributed by atoms with van der Waals surface area (Å²) in [6.45, 7) is 4.24. The van der Waals surface area contributed by atoms with Gasteiger partial charge in [-0.15, -0.1) is 4.80 Å². The highest BCUT2D eigenvalue weighted by Gasteiger charge is 2.35. The zero-order valence-electron chi connectivity index (χ0n) is 17.4. The maximum Gasteiger partial charge on any atom is 0.434 e. The Balaban J connectivity index is 1.54. The van der Waals surface area contributed by atoms with Gasteiger partial charge in [0.2, 0.25) is 0 Å². The SMILES string of the molecule is Cc1ccc(C(=O)N2CCCC(Nc3cnc(C(F)(F)F)cn3)C2C)c(-n2nccn2)n1. The summed E-state index contributed by atoms with van der Waals surface area (Å²) in [5, 5.41) is 11.3. The second kappa shape index (κ2) is 8.52. The van der Waals surface area contributed by atoms with Crippen molar-refractivity contribution in [2.24, 2.45) is 0 Å². The Morgan fingerprint density at radius 1 is 1.16 bits per heavy atom. The number of nitrogens with zero attached hydrogens (tertiary/aromatic N) is 7. The third-order valence-electron chi connectivity index (χ3n) is 5.38. The summed E-state index contributed by atoms with van der Waals surface area (Å²) in [5.74, 6) is 0.348. The third-order valence-corrected chi connectivity index (χ3v) is 5.38. The summed E-state index contributed by atoms with van der Waals surface area (Å²) in [4.78, 5) is 28.2. The van der Waals surface area contributed by atoms with Crippen molar-refractivity contribution in [1.29, 1.82) is 0 Å². The number of nitrogens with one attached hydrogen (secondary N) is 1. The summed E-state index contributed by atoms with van der Waals surface area (Å²) in [6, 6.07) is 3.00. The van der Waals surface area contributed by atoms with Crippen LogP contribution in [0.4, 0.5) is 19.0 Å². The minimum atomic E-state index is -4.55. The van der Waals surface area contributed by atoms with Gasteiger partial charge in [-0.1, -0.05) is 0 Å². The molecule has 12 heteroatoms. The number of rotatable bonds is 4. The standard InChI is InChI=1S/C20H21F3N8O/c1-12-5-6-14(18(28-12)31-26-7-8-27-31)19(32)30-9-3-4-15(13(30)2)29-17-11-24-16(10-25-17)20(21,22)23/h5-8,10-11,13,15H,3-4,9H2,1-2H3,(H,25,29). The van der Waals surface area contributed by atoms with Crippen LogP contribution in [0.5, 0.6) is 0 Å². The fraction of sp³-hybridized carbons (Fsp3) is 0.400. The van der Waals surface area contributed by atoms with Crippen LogP contribution in [-0.4, -0.2) is 59.4 Å². The van der Waals surface area contributed by atoms with E-state index in [1.54, 1.807) is 17.0 Å². The van der Waals surface area contributed by atoms with E-state index in [1.807, 2.05) is 13.8 Å². The van der Waals surface area contributed by atoms with Gasteiger partial charge in [-0.3, -0.25) is 4.79 Å². The Bertz CT molecular complexity index is 1090. The smallest absolute Gasteiger partial charge is 0.364 e. The van der Waals surface area contributed by atoms with E-state index in [0.29, 0.717) is 24.1 Å². The lowest BCUT2D eigenvalue weighted by Crippen LogP contribution is -2.52. The predicted octanol–water partition coefficient (Wildman–Crippen LogP) is 2.88. The van der Waals surface area contributed by atoms with Crippen LogP contribution in [0.25, 0.3) is 5.82 Å². The van der Waals surface area contributed by atoms with Crippen LogP contribution in [0.2, 0.25) is 0 Å². The lowest BCUT2D eigenvalue weighted by atomic mass is 9.96. The Hall–Kier alpha value is -3.57. The van der Waals surface area contributed by atoms with Gasteiger partial charge in [-0.05, 0) is 38.8 Å². The van der Waals surface area contributed by atoms with E-state index in [4.69, 9.17) is 0 Å². The van der Waals surface area contributed by atoms with Gasteiger partial charge in [-0.25, -0.2) is 15.0 Å². The molecule has 4 heterocycles. The number of aryl methyl sites for hydroxylation is 1. The number of carbonyl (C=O) groups is 1. The van der Waals surface area contributed by atoms with Gasteiger partial charge in [0.1, 0.15) is 5.82 Å². The first kappa shape index (κ1) is 21.7. The van der Waals surface area contributed by atoms with Crippen LogP contribution < -0.4 is 5.32 Å². The first-order chi connectivity index (χ1) is 15.2. The van der Waals surface area contributed by atoms with E-state index in [9.17, 15) is 18.0 Å². The molecule has 1 saturated heterocycles. The van der Waals surface area contributed by atoms with Crippen molar-refractivity contribution >= 4 is 11.7 Å². The highest BCUT2D eigenvalue weighted by molar-refractivity contribution is 5.97. The Kier molecular flexibility index (Phi) is 5.76. The Morgan fingerprint density at radius 2 is 1.91 bits per heavy atom. The van der Waals surface area contributed by atoms with E-state index in [-0.39, 0.29) is 23.8 Å². The number of anilines is 1. The maximum atomic E-state index is 13.4. The molecule has 168 valence electrons. The fourth-order valence-corrected chi connectivity index (χ4v) is 3.70. The van der Waals surface area contributed by atoms with Crippen molar-refractivity contribution in [3.05, 3.63) is 53.9 Å². The van der Waals surface area contributed by atoms with E-state index < -0.39 is 11.9 Å². The molecule has 2 atom stereocenters. The highest BCUT2D eigenvalue weighted by atomic mass is 19.4. The van der Waals surface area contributed by atoms with E-state index >= 15 is 0 Å². The van der Waals surface area contributed by atoms with Gasteiger partial charge in [0, 0.05) is 24.3 Å². The number of amides is 1. The van der Waals surface area contributed by atoms with Crippen molar-refractivity contribution in [1.82, 2.24) is 34.8 Å². The molecule has 1 N–H and O–H groups in total. The maximum absolute atomic E-state index is 13.4.